The van der Waals surface area contributed by atoms with Gasteiger partial charge in [-0.1, -0.05) is 0 Å². The van der Waals surface area contributed by atoms with Crippen molar-refractivity contribution in [2.24, 2.45) is 0 Å². The summed E-state index contributed by atoms with van der Waals surface area (Å²) in [6.07, 6.45) is 6.19. The van der Waals surface area contributed by atoms with E-state index in [2.05, 4.69) is 49.5 Å². The highest BCUT2D eigenvalue weighted by Gasteiger charge is 2.26. The second kappa shape index (κ2) is 8.30. The van der Waals surface area contributed by atoms with Gasteiger partial charge < -0.3 is 14.5 Å². The maximum absolute atomic E-state index is 15.3. The van der Waals surface area contributed by atoms with Crippen molar-refractivity contribution in [3.05, 3.63) is 28.1 Å². The lowest BCUT2D eigenvalue weighted by molar-refractivity contribution is 0.195. The van der Waals surface area contributed by atoms with E-state index in [4.69, 9.17) is 9.84 Å². The lowest BCUT2D eigenvalue weighted by Gasteiger charge is -2.29. The Hall–Kier alpha value is -1.77. The molecule has 2 aliphatic heterocycles. The van der Waals surface area contributed by atoms with Crippen LogP contribution in [0.1, 0.15) is 37.3 Å². The minimum Gasteiger partial charge on any atom is -0.475 e. The quantitative estimate of drug-likeness (QED) is 0.538. The van der Waals surface area contributed by atoms with Gasteiger partial charge in [0.25, 0.3) is 0 Å². The maximum Gasteiger partial charge on any atom is 0.225 e. The van der Waals surface area contributed by atoms with Gasteiger partial charge >= 0.3 is 0 Å². The van der Waals surface area contributed by atoms with Crippen molar-refractivity contribution < 1.29 is 9.13 Å². The molecule has 5 rings (SSSR count). The minimum atomic E-state index is -0.337. The number of rotatable bonds is 4. The summed E-state index contributed by atoms with van der Waals surface area (Å²) in [5.41, 5.74) is 2.13. The van der Waals surface area contributed by atoms with Crippen LogP contribution in [0, 0.1) is 12.7 Å². The number of hydrogen-bond acceptors (Lipinski definition) is 5. The Bertz CT molecular complexity index is 1120. The number of aryl methyl sites for hydroxylation is 1. The predicted molar refractivity (Wildman–Crippen MR) is 124 cm³/mol. The molecule has 0 N–H and O–H groups in total. The van der Waals surface area contributed by atoms with Crippen molar-refractivity contribution in [3.63, 3.8) is 0 Å². The molecule has 0 bridgehead atoms. The van der Waals surface area contributed by atoms with Crippen LogP contribution in [0.2, 0.25) is 0 Å². The first-order chi connectivity index (χ1) is 14.9. The fourth-order valence-corrected chi connectivity index (χ4v) is 5.28. The SMILES string of the molecule is Cc1cc2c(nc(OCC3CCCN3C)c3cnn(C4CCN(C)CC4)c32)c(F)c1Br. The van der Waals surface area contributed by atoms with E-state index in [1.54, 1.807) is 0 Å². The van der Waals surface area contributed by atoms with E-state index in [0.29, 0.717) is 34.6 Å². The molecule has 0 saturated carbocycles. The van der Waals surface area contributed by atoms with Gasteiger partial charge in [-0.2, -0.15) is 5.10 Å². The molecule has 2 aromatic heterocycles. The smallest absolute Gasteiger partial charge is 0.225 e. The number of piperidine rings is 1. The molecule has 0 radical (unpaired) electrons. The van der Waals surface area contributed by atoms with Crippen molar-refractivity contribution >= 4 is 37.7 Å². The van der Waals surface area contributed by atoms with E-state index in [0.717, 1.165) is 60.7 Å². The van der Waals surface area contributed by atoms with E-state index >= 15 is 4.39 Å². The standard InChI is InChI=1S/C23H29BrFN5O/c1-14-11-17-21(20(25)19(14)24)27-23(31-13-16-5-4-8-29(16)3)18-12-26-30(22(17)18)15-6-9-28(2)10-7-15/h11-12,15-16H,4-10,13H2,1-3H3. The Kier molecular flexibility index (Phi) is 5.65. The minimum absolute atomic E-state index is 0.292. The largest absolute Gasteiger partial charge is 0.475 e. The highest BCUT2D eigenvalue weighted by Crippen LogP contribution is 2.38. The lowest BCUT2D eigenvalue weighted by atomic mass is 10.0. The number of nitrogens with zero attached hydrogens (tertiary/aromatic N) is 5. The first-order valence-electron chi connectivity index (χ1n) is 11.1. The Morgan fingerprint density at radius 1 is 1.16 bits per heavy atom. The van der Waals surface area contributed by atoms with Crippen molar-refractivity contribution in [1.29, 1.82) is 0 Å². The van der Waals surface area contributed by atoms with Crippen LogP contribution in [0.25, 0.3) is 21.8 Å². The van der Waals surface area contributed by atoms with E-state index in [-0.39, 0.29) is 5.82 Å². The number of ether oxygens (including phenoxy) is 1. The molecule has 6 nitrogen and oxygen atoms in total. The van der Waals surface area contributed by atoms with Crippen LogP contribution in [-0.4, -0.2) is 70.9 Å². The fourth-order valence-electron chi connectivity index (χ4n) is 4.97. The summed E-state index contributed by atoms with van der Waals surface area (Å²) >= 11 is 3.39. The summed E-state index contributed by atoms with van der Waals surface area (Å²) in [5, 5.41) is 6.43. The molecule has 8 heteroatoms. The highest BCUT2D eigenvalue weighted by atomic mass is 79.9. The zero-order chi connectivity index (χ0) is 21.7. The van der Waals surface area contributed by atoms with Gasteiger partial charge in [-0.15, -0.1) is 0 Å². The molecule has 0 amide bonds. The van der Waals surface area contributed by atoms with Crippen LogP contribution in [0.4, 0.5) is 4.39 Å². The van der Waals surface area contributed by atoms with Gasteiger partial charge in [0.15, 0.2) is 5.82 Å². The predicted octanol–water partition coefficient (Wildman–Crippen LogP) is 4.53. The average molecular weight is 490 g/mol. The summed E-state index contributed by atoms with van der Waals surface area (Å²) in [5.74, 6) is 0.146. The van der Waals surface area contributed by atoms with Crippen molar-refractivity contribution in [1.82, 2.24) is 24.6 Å². The zero-order valence-electron chi connectivity index (χ0n) is 18.4. The number of pyridine rings is 1. The molecule has 2 aliphatic rings. The van der Waals surface area contributed by atoms with Gasteiger partial charge in [-0.3, -0.25) is 4.68 Å². The number of halogens is 2. The van der Waals surface area contributed by atoms with Crippen LogP contribution in [0.5, 0.6) is 5.88 Å². The van der Waals surface area contributed by atoms with E-state index in [1.807, 2.05) is 19.2 Å². The second-order valence-electron chi connectivity index (χ2n) is 9.11. The molecular formula is C23H29BrFN5O. The third kappa shape index (κ3) is 3.72. The van der Waals surface area contributed by atoms with Crippen LogP contribution in [0.3, 0.4) is 0 Å². The van der Waals surface area contributed by atoms with E-state index in [9.17, 15) is 0 Å². The van der Waals surface area contributed by atoms with Gasteiger partial charge in [0.2, 0.25) is 5.88 Å². The normalized spacial score (nSPS) is 21.5. The van der Waals surface area contributed by atoms with E-state index in [1.165, 1.54) is 6.42 Å². The number of hydrogen-bond donors (Lipinski definition) is 0. The molecular weight excluding hydrogens is 461 g/mol. The van der Waals surface area contributed by atoms with Crippen LogP contribution in [-0.2, 0) is 0 Å². The zero-order valence-corrected chi connectivity index (χ0v) is 20.0. The molecule has 166 valence electrons. The van der Waals surface area contributed by atoms with Crippen molar-refractivity contribution in [3.8, 4) is 5.88 Å². The molecule has 1 atom stereocenters. The highest BCUT2D eigenvalue weighted by molar-refractivity contribution is 9.10. The van der Waals surface area contributed by atoms with Gasteiger partial charge in [0, 0.05) is 11.4 Å². The molecule has 1 aromatic carbocycles. The third-order valence-corrected chi connectivity index (χ3v) is 7.95. The fraction of sp³-hybridized carbons (Fsp3) is 0.565. The molecule has 0 aliphatic carbocycles. The number of likely N-dealkylation sites (N-methyl/N-ethyl adjacent to an activating group) is 1. The average Bonchev–Trinajstić information content (AvgIpc) is 3.38. The number of benzene rings is 1. The second-order valence-corrected chi connectivity index (χ2v) is 9.90. The number of likely N-dealkylation sites (tertiary alicyclic amines) is 2. The first kappa shape index (κ1) is 21.1. The molecule has 3 aromatic rings. The van der Waals surface area contributed by atoms with Crippen LogP contribution < -0.4 is 4.74 Å². The molecule has 0 spiro atoms. The molecule has 2 fully saturated rings. The number of fused-ring (bicyclic) bond motifs is 3. The molecule has 31 heavy (non-hydrogen) atoms. The lowest BCUT2D eigenvalue weighted by Crippen LogP contribution is -2.31. The summed E-state index contributed by atoms with van der Waals surface area (Å²) in [4.78, 5) is 9.32. The van der Waals surface area contributed by atoms with Crippen LogP contribution >= 0.6 is 15.9 Å². The summed E-state index contributed by atoms with van der Waals surface area (Å²) in [7, 11) is 4.28. The van der Waals surface area contributed by atoms with Gasteiger partial charge in [-0.05, 0) is 93.9 Å². The first-order valence-corrected chi connectivity index (χ1v) is 11.9. The van der Waals surface area contributed by atoms with Crippen molar-refractivity contribution in [2.75, 3.05) is 40.3 Å². The number of aromatic nitrogens is 3. The Morgan fingerprint density at radius 2 is 1.94 bits per heavy atom. The third-order valence-electron chi connectivity index (χ3n) is 6.98. The molecule has 4 heterocycles. The van der Waals surface area contributed by atoms with Gasteiger partial charge in [-0.25, -0.2) is 9.37 Å². The summed E-state index contributed by atoms with van der Waals surface area (Å²) < 4.78 is 24.1. The monoisotopic (exact) mass is 489 g/mol. The van der Waals surface area contributed by atoms with Crippen molar-refractivity contribution in [2.45, 2.75) is 44.7 Å². The topological polar surface area (TPSA) is 46.4 Å². The molecule has 1 unspecified atom stereocenters. The molecule has 2 saturated heterocycles. The summed E-state index contributed by atoms with van der Waals surface area (Å²) in [6, 6.07) is 2.67. The Labute approximate surface area is 190 Å². The van der Waals surface area contributed by atoms with E-state index < -0.39 is 0 Å². The maximum atomic E-state index is 15.3. The summed E-state index contributed by atoms with van der Waals surface area (Å²) in [6.45, 7) is 5.62. The van der Waals surface area contributed by atoms with Crippen LogP contribution in [0.15, 0.2) is 16.7 Å². The van der Waals surface area contributed by atoms with Gasteiger partial charge in [0.1, 0.15) is 12.1 Å². The Balaban J connectivity index is 1.64. The Morgan fingerprint density at radius 3 is 2.65 bits per heavy atom. The van der Waals surface area contributed by atoms with Gasteiger partial charge in [0.05, 0.1) is 27.6 Å².